The summed E-state index contributed by atoms with van der Waals surface area (Å²) in [7, 11) is 0. The number of aryl methyl sites for hydroxylation is 1. The number of halogens is 1. The Morgan fingerprint density at radius 1 is 1.12 bits per heavy atom. The van der Waals surface area contributed by atoms with Crippen molar-refractivity contribution in [3.05, 3.63) is 65.2 Å². The van der Waals surface area contributed by atoms with Gasteiger partial charge in [-0.2, -0.15) is 0 Å². The summed E-state index contributed by atoms with van der Waals surface area (Å²) in [6, 6.07) is 17.4. The fourth-order valence-corrected chi connectivity index (χ4v) is 3.32. The minimum absolute atomic E-state index is 0.0578. The van der Waals surface area contributed by atoms with Crippen LogP contribution in [0.4, 0.5) is 5.69 Å². The van der Waals surface area contributed by atoms with Crippen molar-refractivity contribution in [1.29, 1.82) is 0 Å². The SMILES string of the molecule is O=C(NCCCc1ccccc1)[C@@H]1CC(=O)N(c2ccccc2Cl)C1. The number of rotatable bonds is 6. The first-order valence-electron chi connectivity index (χ1n) is 8.51. The quantitative estimate of drug-likeness (QED) is 0.806. The van der Waals surface area contributed by atoms with E-state index in [1.54, 1.807) is 17.0 Å². The highest BCUT2D eigenvalue weighted by Gasteiger charge is 2.35. The zero-order valence-electron chi connectivity index (χ0n) is 14.0. The van der Waals surface area contributed by atoms with Gasteiger partial charge in [0, 0.05) is 19.5 Å². The Kier molecular flexibility index (Phi) is 5.71. The zero-order valence-corrected chi connectivity index (χ0v) is 14.7. The van der Waals surface area contributed by atoms with Gasteiger partial charge in [0.05, 0.1) is 16.6 Å². The van der Waals surface area contributed by atoms with Crippen LogP contribution >= 0.6 is 11.6 Å². The molecule has 1 N–H and O–H groups in total. The number of carbonyl (C=O) groups is 2. The van der Waals surface area contributed by atoms with Crippen LogP contribution in [0, 0.1) is 5.92 Å². The van der Waals surface area contributed by atoms with E-state index in [0.29, 0.717) is 23.8 Å². The molecule has 1 heterocycles. The van der Waals surface area contributed by atoms with Gasteiger partial charge >= 0.3 is 0 Å². The molecule has 0 aliphatic carbocycles. The molecule has 1 fully saturated rings. The molecule has 0 radical (unpaired) electrons. The van der Waals surface area contributed by atoms with Gasteiger partial charge in [-0.3, -0.25) is 9.59 Å². The Morgan fingerprint density at radius 2 is 1.84 bits per heavy atom. The van der Waals surface area contributed by atoms with Crippen LogP contribution in [0.5, 0.6) is 0 Å². The smallest absolute Gasteiger partial charge is 0.227 e. The Balaban J connectivity index is 1.49. The van der Waals surface area contributed by atoms with Crippen LogP contribution < -0.4 is 10.2 Å². The third kappa shape index (κ3) is 4.40. The lowest BCUT2D eigenvalue weighted by Gasteiger charge is -2.18. The molecule has 1 atom stereocenters. The Hall–Kier alpha value is -2.33. The molecule has 4 nitrogen and oxygen atoms in total. The second-order valence-corrected chi connectivity index (χ2v) is 6.64. The van der Waals surface area contributed by atoms with E-state index in [9.17, 15) is 9.59 Å². The van der Waals surface area contributed by atoms with Crippen molar-refractivity contribution in [3.8, 4) is 0 Å². The number of anilines is 1. The van der Waals surface area contributed by atoms with Gasteiger partial charge in [0.15, 0.2) is 0 Å². The number of amides is 2. The molecule has 2 aromatic rings. The minimum atomic E-state index is -0.319. The Labute approximate surface area is 152 Å². The second-order valence-electron chi connectivity index (χ2n) is 6.24. The standard InChI is InChI=1S/C20H21ClN2O2/c21-17-10-4-5-11-18(17)23-14-16(13-19(23)24)20(25)22-12-6-9-15-7-2-1-3-8-15/h1-5,7-8,10-11,16H,6,9,12-14H2,(H,22,25)/t16-/m1/s1. The lowest BCUT2D eigenvalue weighted by Crippen LogP contribution is -2.33. The lowest BCUT2D eigenvalue weighted by atomic mass is 10.1. The number of nitrogens with one attached hydrogen (secondary N) is 1. The first-order chi connectivity index (χ1) is 12.1. The summed E-state index contributed by atoms with van der Waals surface area (Å²) < 4.78 is 0. The molecule has 25 heavy (non-hydrogen) atoms. The molecule has 1 saturated heterocycles. The van der Waals surface area contributed by atoms with Gasteiger partial charge in [0.25, 0.3) is 0 Å². The molecule has 130 valence electrons. The molecule has 0 spiro atoms. The maximum Gasteiger partial charge on any atom is 0.227 e. The van der Waals surface area contributed by atoms with Crippen molar-refractivity contribution < 1.29 is 9.59 Å². The predicted molar refractivity (Wildman–Crippen MR) is 99.7 cm³/mol. The molecular formula is C20H21ClN2O2. The fourth-order valence-electron chi connectivity index (χ4n) is 3.08. The summed E-state index contributed by atoms with van der Waals surface area (Å²) in [6.07, 6.45) is 2.04. The molecule has 3 rings (SSSR count). The normalized spacial score (nSPS) is 16.9. The van der Waals surface area contributed by atoms with E-state index >= 15 is 0 Å². The minimum Gasteiger partial charge on any atom is -0.356 e. The number of carbonyl (C=O) groups excluding carboxylic acids is 2. The van der Waals surface area contributed by atoms with Crippen molar-refractivity contribution in [2.45, 2.75) is 19.3 Å². The molecule has 2 aromatic carbocycles. The van der Waals surface area contributed by atoms with Crippen molar-refractivity contribution in [1.82, 2.24) is 5.32 Å². The van der Waals surface area contributed by atoms with Crippen molar-refractivity contribution >= 4 is 29.1 Å². The Morgan fingerprint density at radius 3 is 2.60 bits per heavy atom. The summed E-state index contributed by atoms with van der Waals surface area (Å²) in [5.74, 6) is -0.436. The predicted octanol–water partition coefficient (Wildman–Crippen LogP) is 3.44. The molecule has 1 aliphatic rings. The van der Waals surface area contributed by atoms with Crippen molar-refractivity contribution in [2.24, 2.45) is 5.92 Å². The summed E-state index contributed by atoms with van der Waals surface area (Å²) in [5.41, 5.74) is 1.94. The zero-order chi connectivity index (χ0) is 17.6. The molecule has 0 aromatic heterocycles. The van der Waals surface area contributed by atoms with Gasteiger partial charge in [-0.05, 0) is 30.5 Å². The number of para-hydroxylation sites is 1. The summed E-state index contributed by atoms with van der Waals surface area (Å²) >= 11 is 6.16. The number of hydrogen-bond acceptors (Lipinski definition) is 2. The first-order valence-corrected chi connectivity index (χ1v) is 8.89. The topological polar surface area (TPSA) is 49.4 Å². The fraction of sp³-hybridized carbons (Fsp3) is 0.300. The summed E-state index contributed by atoms with van der Waals surface area (Å²) in [5, 5.41) is 3.48. The monoisotopic (exact) mass is 356 g/mol. The highest BCUT2D eigenvalue weighted by molar-refractivity contribution is 6.33. The molecule has 0 saturated carbocycles. The van der Waals surface area contributed by atoms with E-state index in [4.69, 9.17) is 11.6 Å². The van der Waals surface area contributed by atoms with Gasteiger partial charge in [0.2, 0.25) is 11.8 Å². The summed E-state index contributed by atoms with van der Waals surface area (Å²) in [4.78, 5) is 26.2. The van der Waals surface area contributed by atoms with Gasteiger partial charge in [-0.1, -0.05) is 54.1 Å². The van der Waals surface area contributed by atoms with Gasteiger partial charge in [-0.15, -0.1) is 0 Å². The van der Waals surface area contributed by atoms with Crippen LogP contribution in [0.15, 0.2) is 54.6 Å². The van der Waals surface area contributed by atoms with E-state index in [1.807, 2.05) is 30.3 Å². The van der Waals surface area contributed by atoms with E-state index in [1.165, 1.54) is 5.56 Å². The molecule has 2 amide bonds. The molecule has 0 unspecified atom stereocenters. The second kappa shape index (κ2) is 8.17. The molecular weight excluding hydrogens is 336 g/mol. The van der Waals surface area contributed by atoms with E-state index in [-0.39, 0.29) is 24.2 Å². The van der Waals surface area contributed by atoms with Gasteiger partial charge in [-0.25, -0.2) is 0 Å². The van der Waals surface area contributed by atoms with E-state index < -0.39 is 0 Å². The van der Waals surface area contributed by atoms with Crippen LogP contribution in [-0.4, -0.2) is 24.9 Å². The Bertz CT molecular complexity index is 748. The third-order valence-corrected chi connectivity index (χ3v) is 4.74. The first kappa shape index (κ1) is 17.5. The van der Waals surface area contributed by atoms with Crippen molar-refractivity contribution in [3.63, 3.8) is 0 Å². The van der Waals surface area contributed by atoms with Crippen LogP contribution in [0.25, 0.3) is 0 Å². The van der Waals surface area contributed by atoms with Crippen LogP contribution in [-0.2, 0) is 16.0 Å². The van der Waals surface area contributed by atoms with Crippen LogP contribution in [0.3, 0.4) is 0 Å². The largest absolute Gasteiger partial charge is 0.356 e. The molecule has 0 bridgehead atoms. The maximum absolute atomic E-state index is 12.3. The number of benzene rings is 2. The average molecular weight is 357 g/mol. The summed E-state index contributed by atoms with van der Waals surface area (Å²) in [6.45, 7) is 0.998. The molecule has 1 aliphatic heterocycles. The van der Waals surface area contributed by atoms with Crippen LogP contribution in [0.2, 0.25) is 5.02 Å². The van der Waals surface area contributed by atoms with E-state index in [0.717, 1.165) is 12.8 Å². The highest BCUT2D eigenvalue weighted by atomic mass is 35.5. The van der Waals surface area contributed by atoms with Crippen molar-refractivity contribution in [2.75, 3.05) is 18.0 Å². The third-order valence-electron chi connectivity index (χ3n) is 4.42. The lowest BCUT2D eigenvalue weighted by molar-refractivity contribution is -0.126. The van der Waals surface area contributed by atoms with Gasteiger partial charge < -0.3 is 10.2 Å². The number of nitrogens with zero attached hydrogens (tertiary/aromatic N) is 1. The van der Waals surface area contributed by atoms with Crippen LogP contribution in [0.1, 0.15) is 18.4 Å². The van der Waals surface area contributed by atoms with E-state index in [2.05, 4.69) is 17.4 Å². The van der Waals surface area contributed by atoms with Gasteiger partial charge in [0.1, 0.15) is 0 Å². The maximum atomic E-state index is 12.3. The molecule has 5 heteroatoms. The highest BCUT2D eigenvalue weighted by Crippen LogP contribution is 2.30. The number of hydrogen-bond donors (Lipinski definition) is 1. The average Bonchev–Trinajstić information content (AvgIpc) is 3.01.